The van der Waals surface area contributed by atoms with Gasteiger partial charge in [0.25, 0.3) is 0 Å². The standard InChI is InChI=1S/C18H15IN2O2S/c1-12(22)23-15-7-8-16-17(11-15)24-18(21-16)13-3-5-14(6-4-13)20-10-2-9-19/h2-9,11,20H,10H2,1H3. The Labute approximate surface area is 157 Å². The minimum Gasteiger partial charge on any atom is -0.427 e. The number of rotatable bonds is 5. The highest BCUT2D eigenvalue weighted by Gasteiger charge is 2.08. The number of anilines is 1. The molecule has 1 aromatic heterocycles. The van der Waals surface area contributed by atoms with Crippen molar-refractivity contribution in [1.82, 2.24) is 4.98 Å². The van der Waals surface area contributed by atoms with Gasteiger partial charge in [0.2, 0.25) is 0 Å². The van der Waals surface area contributed by atoms with Crippen molar-refractivity contribution in [2.75, 3.05) is 11.9 Å². The molecule has 0 bridgehead atoms. The lowest BCUT2D eigenvalue weighted by Crippen LogP contribution is -2.00. The molecular formula is C18H15IN2O2S. The minimum atomic E-state index is -0.320. The first-order valence-electron chi connectivity index (χ1n) is 7.34. The van der Waals surface area contributed by atoms with Crippen molar-refractivity contribution in [3.8, 4) is 16.3 Å². The Bertz CT molecular complexity index is 888. The Morgan fingerprint density at radius 2 is 2.08 bits per heavy atom. The molecule has 0 aliphatic rings. The van der Waals surface area contributed by atoms with Crippen molar-refractivity contribution in [3.05, 3.63) is 52.6 Å². The third-order valence-corrected chi connectivity index (χ3v) is 4.84. The van der Waals surface area contributed by atoms with Crippen LogP contribution in [0.15, 0.2) is 52.6 Å². The van der Waals surface area contributed by atoms with Crippen molar-refractivity contribution < 1.29 is 9.53 Å². The molecule has 0 atom stereocenters. The maximum Gasteiger partial charge on any atom is 0.308 e. The summed E-state index contributed by atoms with van der Waals surface area (Å²) in [5, 5.41) is 4.27. The maximum absolute atomic E-state index is 11.1. The lowest BCUT2D eigenvalue weighted by atomic mass is 10.2. The third kappa shape index (κ3) is 4.12. The highest BCUT2D eigenvalue weighted by atomic mass is 127. The van der Waals surface area contributed by atoms with Crippen LogP contribution in [-0.2, 0) is 4.79 Å². The van der Waals surface area contributed by atoms with Crippen LogP contribution in [0.1, 0.15) is 6.92 Å². The molecule has 2 aromatic carbocycles. The summed E-state index contributed by atoms with van der Waals surface area (Å²) in [4.78, 5) is 15.7. The highest BCUT2D eigenvalue weighted by molar-refractivity contribution is 14.1. The average Bonchev–Trinajstić information content (AvgIpc) is 2.98. The first kappa shape index (κ1) is 16.9. The maximum atomic E-state index is 11.1. The van der Waals surface area contributed by atoms with Crippen LogP contribution < -0.4 is 10.1 Å². The molecule has 0 fully saturated rings. The van der Waals surface area contributed by atoms with E-state index in [0.29, 0.717) is 5.75 Å². The second-order valence-corrected chi connectivity index (χ2v) is 6.81. The molecule has 0 saturated heterocycles. The summed E-state index contributed by atoms with van der Waals surface area (Å²) in [5.74, 6) is 0.229. The number of nitrogens with zero attached hydrogens (tertiary/aromatic N) is 1. The van der Waals surface area contributed by atoms with Crippen molar-refractivity contribution in [2.24, 2.45) is 0 Å². The minimum absolute atomic E-state index is 0.320. The van der Waals surface area contributed by atoms with Gasteiger partial charge < -0.3 is 10.1 Å². The molecule has 0 amide bonds. The molecule has 4 nitrogen and oxygen atoms in total. The smallest absolute Gasteiger partial charge is 0.308 e. The van der Waals surface area contributed by atoms with E-state index in [0.717, 1.165) is 33.0 Å². The number of hydrogen-bond donors (Lipinski definition) is 1. The summed E-state index contributed by atoms with van der Waals surface area (Å²) in [6, 6.07) is 13.7. The molecule has 3 aromatic rings. The van der Waals surface area contributed by atoms with E-state index in [4.69, 9.17) is 4.74 Å². The van der Waals surface area contributed by atoms with Gasteiger partial charge in [-0.15, -0.1) is 11.3 Å². The largest absolute Gasteiger partial charge is 0.427 e. The van der Waals surface area contributed by atoms with E-state index in [2.05, 4.69) is 51.1 Å². The van der Waals surface area contributed by atoms with E-state index in [1.54, 1.807) is 17.4 Å². The van der Waals surface area contributed by atoms with Crippen LogP contribution in [0.3, 0.4) is 0 Å². The number of halogens is 1. The lowest BCUT2D eigenvalue weighted by Gasteiger charge is -2.03. The normalized spacial score (nSPS) is 11.1. The molecule has 0 saturated carbocycles. The summed E-state index contributed by atoms with van der Waals surface area (Å²) in [6.45, 7) is 2.20. The second kappa shape index (κ2) is 7.76. The molecular weight excluding hydrogens is 435 g/mol. The molecule has 0 spiro atoms. The topological polar surface area (TPSA) is 51.2 Å². The van der Waals surface area contributed by atoms with Crippen LogP contribution in [0, 0.1) is 0 Å². The number of benzene rings is 2. The number of hydrogen-bond acceptors (Lipinski definition) is 5. The molecule has 1 heterocycles. The van der Waals surface area contributed by atoms with Gasteiger partial charge in [-0.05, 0) is 40.5 Å². The molecule has 0 unspecified atom stereocenters. The Morgan fingerprint density at radius 1 is 1.29 bits per heavy atom. The predicted octanol–water partition coefficient (Wildman–Crippen LogP) is 5.25. The van der Waals surface area contributed by atoms with E-state index in [9.17, 15) is 4.79 Å². The van der Waals surface area contributed by atoms with Gasteiger partial charge >= 0.3 is 5.97 Å². The number of carbonyl (C=O) groups excluding carboxylic acids is 1. The number of carbonyl (C=O) groups is 1. The van der Waals surface area contributed by atoms with E-state index >= 15 is 0 Å². The van der Waals surface area contributed by atoms with Crippen molar-refractivity contribution in [2.45, 2.75) is 6.92 Å². The molecule has 0 radical (unpaired) electrons. The number of aromatic nitrogens is 1. The molecule has 122 valence electrons. The molecule has 24 heavy (non-hydrogen) atoms. The fourth-order valence-electron chi connectivity index (χ4n) is 2.21. The van der Waals surface area contributed by atoms with Gasteiger partial charge in [-0.1, -0.05) is 28.7 Å². The zero-order chi connectivity index (χ0) is 16.9. The van der Waals surface area contributed by atoms with Crippen molar-refractivity contribution >= 4 is 55.8 Å². The van der Waals surface area contributed by atoms with Gasteiger partial charge in [-0.2, -0.15) is 0 Å². The fourth-order valence-corrected chi connectivity index (χ4v) is 3.46. The summed E-state index contributed by atoms with van der Waals surface area (Å²) >= 11 is 3.79. The Hall–Kier alpha value is -1.93. The van der Waals surface area contributed by atoms with E-state index < -0.39 is 0 Å². The van der Waals surface area contributed by atoms with Crippen LogP contribution in [-0.4, -0.2) is 17.5 Å². The molecule has 1 N–H and O–H groups in total. The second-order valence-electron chi connectivity index (χ2n) is 5.06. The highest BCUT2D eigenvalue weighted by Crippen LogP contribution is 2.32. The number of thiazole rings is 1. The summed E-state index contributed by atoms with van der Waals surface area (Å²) in [7, 11) is 0. The van der Waals surface area contributed by atoms with Crippen molar-refractivity contribution in [3.63, 3.8) is 0 Å². The van der Waals surface area contributed by atoms with Gasteiger partial charge in [-0.3, -0.25) is 4.79 Å². The first-order chi connectivity index (χ1) is 11.7. The zero-order valence-electron chi connectivity index (χ0n) is 13.0. The monoisotopic (exact) mass is 450 g/mol. The van der Waals surface area contributed by atoms with E-state index in [1.807, 2.05) is 28.3 Å². The van der Waals surface area contributed by atoms with E-state index in [-0.39, 0.29) is 5.97 Å². The third-order valence-electron chi connectivity index (χ3n) is 3.27. The van der Waals surface area contributed by atoms with E-state index in [1.165, 1.54) is 6.92 Å². The van der Waals surface area contributed by atoms with Crippen LogP contribution in [0.5, 0.6) is 5.75 Å². The molecule has 3 rings (SSSR count). The lowest BCUT2D eigenvalue weighted by molar-refractivity contribution is -0.131. The number of nitrogens with one attached hydrogen (secondary N) is 1. The van der Waals surface area contributed by atoms with Gasteiger partial charge in [0, 0.05) is 30.8 Å². The Morgan fingerprint density at radius 3 is 2.79 bits per heavy atom. The van der Waals surface area contributed by atoms with Gasteiger partial charge in [-0.25, -0.2) is 4.98 Å². The predicted molar refractivity (Wildman–Crippen MR) is 108 cm³/mol. The Balaban J connectivity index is 1.82. The first-order valence-corrected chi connectivity index (χ1v) is 9.40. The Kier molecular flexibility index (Phi) is 5.47. The van der Waals surface area contributed by atoms with Crippen LogP contribution >= 0.6 is 33.9 Å². The van der Waals surface area contributed by atoms with Gasteiger partial charge in [0.15, 0.2) is 0 Å². The van der Waals surface area contributed by atoms with Gasteiger partial charge in [0.05, 0.1) is 10.2 Å². The fraction of sp³-hybridized carbons (Fsp3) is 0.111. The zero-order valence-corrected chi connectivity index (χ0v) is 15.9. The average molecular weight is 450 g/mol. The molecule has 6 heteroatoms. The summed E-state index contributed by atoms with van der Waals surface area (Å²) in [5.41, 5.74) is 3.05. The summed E-state index contributed by atoms with van der Waals surface area (Å²) < 4.78 is 8.11. The van der Waals surface area contributed by atoms with Crippen LogP contribution in [0.2, 0.25) is 0 Å². The quantitative estimate of drug-likeness (QED) is 0.328. The SMILES string of the molecule is CC(=O)Oc1ccc2nc(-c3ccc(NCC=CI)cc3)sc2c1. The van der Waals surface area contributed by atoms with Crippen LogP contribution in [0.25, 0.3) is 20.8 Å². The summed E-state index contributed by atoms with van der Waals surface area (Å²) in [6.07, 6.45) is 2.06. The van der Waals surface area contributed by atoms with Crippen molar-refractivity contribution in [1.29, 1.82) is 0 Å². The number of ether oxygens (including phenoxy) is 1. The molecule has 0 aliphatic heterocycles. The van der Waals surface area contributed by atoms with Gasteiger partial charge in [0.1, 0.15) is 10.8 Å². The molecule has 0 aliphatic carbocycles. The van der Waals surface area contributed by atoms with Crippen LogP contribution in [0.4, 0.5) is 5.69 Å². The number of esters is 1. The number of fused-ring (bicyclic) bond motifs is 1.